The van der Waals surface area contributed by atoms with Gasteiger partial charge in [0.05, 0.1) is 30.6 Å². The smallest absolute Gasteiger partial charge is 0.324 e. The van der Waals surface area contributed by atoms with E-state index in [1.165, 1.54) is 5.01 Å². The van der Waals surface area contributed by atoms with E-state index in [0.29, 0.717) is 32.4 Å². The maximum atomic E-state index is 14.2. The summed E-state index contributed by atoms with van der Waals surface area (Å²) in [6.07, 6.45) is 3.88. The van der Waals surface area contributed by atoms with Gasteiger partial charge in [-0.3, -0.25) is 24.4 Å². The number of cyclic esters (lactones) is 1. The van der Waals surface area contributed by atoms with Gasteiger partial charge in [0.2, 0.25) is 5.91 Å². The number of hydrogen-bond acceptors (Lipinski definition) is 8. The number of fused-ring (bicyclic) bond motifs is 6. The van der Waals surface area contributed by atoms with Gasteiger partial charge < -0.3 is 24.7 Å². The maximum absolute atomic E-state index is 14.2. The summed E-state index contributed by atoms with van der Waals surface area (Å²) >= 11 is 0. The van der Waals surface area contributed by atoms with Crippen molar-refractivity contribution in [2.75, 3.05) is 27.3 Å². The molecular formula is C42H54N6O5. The molecule has 282 valence electrons. The zero-order valence-corrected chi connectivity index (χ0v) is 32.1. The first-order chi connectivity index (χ1) is 25.4. The number of benzene rings is 2. The number of aryl methyl sites for hydroxylation is 1. The minimum Gasteiger partial charge on any atom is -0.464 e. The van der Waals surface area contributed by atoms with Gasteiger partial charge in [0, 0.05) is 54.7 Å². The fourth-order valence-corrected chi connectivity index (χ4v) is 7.87. The molecule has 0 aliphatic carbocycles. The quantitative estimate of drug-likeness (QED) is 0.206. The summed E-state index contributed by atoms with van der Waals surface area (Å²) in [5.41, 5.74) is 10.9. The topological polar surface area (TPSA) is 127 Å². The van der Waals surface area contributed by atoms with Crippen LogP contribution in [0, 0.1) is 11.3 Å². The lowest BCUT2D eigenvalue weighted by atomic mass is 9.84. The van der Waals surface area contributed by atoms with Crippen LogP contribution in [0.4, 0.5) is 0 Å². The first-order valence-electron chi connectivity index (χ1n) is 18.8. The number of rotatable bonds is 8. The van der Waals surface area contributed by atoms with Crippen LogP contribution in [0.5, 0.6) is 0 Å². The van der Waals surface area contributed by atoms with Crippen molar-refractivity contribution in [2.45, 2.75) is 91.6 Å². The van der Waals surface area contributed by atoms with E-state index in [9.17, 15) is 14.4 Å². The number of likely N-dealkylation sites (N-methyl/N-ethyl adjacent to an activating group) is 1. The molecule has 1 unspecified atom stereocenters. The monoisotopic (exact) mass is 722 g/mol. The lowest BCUT2D eigenvalue weighted by Crippen LogP contribution is -2.61. The van der Waals surface area contributed by atoms with Gasteiger partial charge in [-0.25, -0.2) is 5.43 Å². The molecule has 1 saturated heterocycles. The fraction of sp³-hybridized carbons (Fsp3) is 0.476. The van der Waals surface area contributed by atoms with Crippen molar-refractivity contribution < 1.29 is 23.9 Å². The summed E-state index contributed by atoms with van der Waals surface area (Å²) in [4.78, 5) is 46.1. The van der Waals surface area contributed by atoms with Gasteiger partial charge in [-0.15, -0.1) is 0 Å². The number of nitrogens with one attached hydrogen (secondary N) is 3. The number of ether oxygens (including phenoxy) is 2. The normalized spacial score (nSPS) is 19.9. The standard InChI is InChI=1S/C42H54N6O5/c1-8-47-36-17-16-29-22-31(36)32(38(47)30-14-10-18-44-35(30)24-52-7)23-42(4,5)25-53-41(51)33-15-11-19-48(46-33)40(50)34(21-27-12-9-13-28(29)20-27)45-39(49)37(43-6)26(2)3/h9-10,12-14,16-18,20,22,26,33-34,37,43,46H,8,11,15,19,21,23-25H2,1-7H3,(H,45,49)/t33-,34-,37?/m0/s1. The Balaban J connectivity index is 1.51. The molecule has 2 aromatic heterocycles. The molecule has 4 aromatic rings. The second kappa shape index (κ2) is 16.2. The highest BCUT2D eigenvalue weighted by atomic mass is 16.5. The number of aromatic nitrogens is 2. The molecule has 2 aliphatic rings. The van der Waals surface area contributed by atoms with Gasteiger partial charge in [-0.05, 0) is 85.7 Å². The summed E-state index contributed by atoms with van der Waals surface area (Å²) in [7, 11) is 3.43. The van der Waals surface area contributed by atoms with Crippen molar-refractivity contribution >= 4 is 28.7 Å². The van der Waals surface area contributed by atoms with Crippen molar-refractivity contribution in [1.82, 2.24) is 30.6 Å². The zero-order valence-electron chi connectivity index (χ0n) is 32.1. The van der Waals surface area contributed by atoms with E-state index in [1.807, 2.05) is 32.0 Å². The Morgan fingerprint density at radius 2 is 1.91 bits per heavy atom. The molecule has 6 bridgehead atoms. The molecule has 3 atom stereocenters. The van der Waals surface area contributed by atoms with Crippen LogP contribution in [-0.4, -0.2) is 77.8 Å². The van der Waals surface area contributed by atoms with Gasteiger partial charge in [-0.1, -0.05) is 58.0 Å². The highest BCUT2D eigenvalue weighted by molar-refractivity contribution is 5.95. The molecule has 11 heteroatoms. The largest absolute Gasteiger partial charge is 0.464 e. The molecule has 4 heterocycles. The van der Waals surface area contributed by atoms with Crippen molar-refractivity contribution in [3.63, 3.8) is 0 Å². The first kappa shape index (κ1) is 38.2. The lowest BCUT2D eigenvalue weighted by molar-refractivity contribution is -0.155. The minimum atomic E-state index is -0.858. The summed E-state index contributed by atoms with van der Waals surface area (Å²) in [6.45, 7) is 12.1. The van der Waals surface area contributed by atoms with E-state index in [-0.39, 0.29) is 30.8 Å². The third-order valence-electron chi connectivity index (χ3n) is 10.5. The molecule has 3 N–H and O–H groups in total. The predicted octanol–water partition coefficient (Wildman–Crippen LogP) is 5.43. The van der Waals surface area contributed by atoms with E-state index in [1.54, 1.807) is 20.4 Å². The average molecular weight is 723 g/mol. The van der Waals surface area contributed by atoms with Crippen LogP contribution in [0.2, 0.25) is 0 Å². The number of esters is 1. The minimum absolute atomic E-state index is 0.0155. The maximum Gasteiger partial charge on any atom is 0.324 e. The molecule has 0 radical (unpaired) electrons. The van der Waals surface area contributed by atoms with Crippen molar-refractivity contribution in [1.29, 1.82) is 0 Å². The number of pyridine rings is 1. The number of nitrogens with zero attached hydrogens (tertiary/aromatic N) is 3. The molecule has 0 spiro atoms. The summed E-state index contributed by atoms with van der Waals surface area (Å²) in [5, 5.41) is 8.76. The van der Waals surface area contributed by atoms with Crippen LogP contribution in [0.1, 0.15) is 64.3 Å². The molecular weight excluding hydrogens is 668 g/mol. The van der Waals surface area contributed by atoms with E-state index < -0.39 is 29.5 Å². The van der Waals surface area contributed by atoms with Crippen LogP contribution in [0.25, 0.3) is 33.3 Å². The van der Waals surface area contributed by atoms with Crippen LogP contribution < -0.4 is 16.1 Å². The van der Waals surface area contributed by atoms with Crippen LogP contribution in [0.15, 0.2) is 60.8 Å². The number of carbonyl (C=O) groups excluding carboxylic acids is 3. The molecule has 53 heavy (non-hydrogen) atoms. The van der Waals surface area contributed by atoms with Gasteiger partial charge in [0.1, 0.15) is 12.1 Å². The number of methoxy groups -OCH3 is 1. The van der Waals surface area contributed by atoms with Gasteiger partial charge in [0.15, 0.2) is 0 Å². The summed E-state index contributed by atoms with van der Waals surface area (Å²) in [5.74, 6) is -0.912. The van der Waals surface area contributed by atoms with Crippen molar-refractivity contribution in [3.8, 4) is 22.4 Å². The summed E-state index contributed by atoms with van der Waals surface area (Å²) in [6, 6.07) is 16.8. The van der Waals surface area contributed by atoms with Crippen LogP contribution in [0.3, 0.4) is 0 Å². The Labute approximate surface area is 312 Å². The second-order valence-corrected chi connectivity index (χ2v) is 15.5. The third-order valence-corrected chi connectivity index (χ3v) is 10.5. The molecule has 2 amide bonds. The second-order valence-electron chi connectivity index (χ2n) is 15.5. The number of amides is 2. The molecule has 1 fully saturated rings. The van der Waals surface area contributed by atoms with Gasteiger partial charge >= 0.3 is 5.97 Å². The first-order valence-corrected chi connectivity index (χ1v) is 18.8. The Bertz CT molecular complexity index is 1970. The Kier molecular flexibility index (Phi) is 11.7. The van der Waals surface area contributed by atoms with E-state index in [4.69, 9.17) is 14.5 Å². The Morgan fingerprint density at radius 1 is 1.11 bits per heavy atom. The highest BCUT2D eigenvalue weighted by Gasteiger charge is 2.36. The Morgan fingerprint density at radius 3 is 2.64 bits per heavy atom. The van der Waals surface area contributed by atoms with E-state index >= 15 is 0 Å². The molecule has 2 aliphatic heterocycles. The van der Waals surface area contributed by atoms with Crippen LogP contribution >= 0.6 is 0 Å². The zero-order chi connectivity index (χ0) is 37.9. The third kappa shape index (κ3) is 8.17. The average Bonchev–Trinajstić information content (AvgIpc) is 3.45. The van der Waals surface area contributed by atoms with Gasteiger partial charge in [-0.2, -0.15) is 0 Å². The van der Waals surface area contributed by atoms with E-state index in [0.717, 1.165) is 56.7 Å². The SMILES string of the molecule is CCn1c(-c2cccnc2COC)c2c3cc(ccc31)-c1cccc(c1)C[C@H](NC(=O)C(NC)C(C)C)C(=O)N1CCC[C@H](N1)C(=O)OCC(C)(C)C2. The molecule has 6 rings (SSSR count). The summed E-state index contributed by atoms with van der Waals surface area (Å²) < 4.78 is 14.0. The molecule has 11 nitrogen and oxygen atoms in total. The number of hydrogen-bond donors (Lipinski definition) is 3. The van der Waals surface area contributed by atoms with Crippen molar-refractivity contribution in [2.24, 2.45) is 11.3 Å². The van der Waals surface area contributed by atoms with Crippen LogP contribution in [-0.2, 0) is 49.9 Å². The van der Waals surface area contributed by atoms with E-state index in [2.05, 4.69) is 77.8 Å². The fourth-order valence-electron chi connectivity index (χ4n) is 7.87. The molecule has 0 saturated carbocycles. The number of carbonyl (C=O) groups is 3. The predicted molar refractivity (Wildman–Crippen MR) is 207 cm³/mol. The highest BCUT2D eigenvalue weighted by Crippen LogP contribution is 2.41. The number of hydrazine groups is 1. The lowest BCUT2D eigenvalue weighted by Gasteiger charge is -2.36. The van der Waals surface area contributed by atoms with Gasteiger partial charge in [0.25, 0.3) is 5.91 Å². The Hall–Kier alpha value is -4.58. The van der Waals surface area contributed by atoms with Crippen molar-refractivity contribution in [3.05, 3.63) is 77.6 Å². The molecule has 2 aromatic carbocycles.